The summed E-state index contributed by atoms with van der Waals surface area (Å²) in [5.41, 5.74) is 11.0. The molecule has 4 aromatic heterocycles. The Balaban J connectivity index is 0.574. The minimum absolute atomic E-state index is 0.00833. The first-order chi connectivity index (χ1) is 41.6. The number of carbonyl (C=O) groups is 3. The molecule has 0 saturated carbocycles. The summed E-state index contributed by atoms with van der Waals surface area (Å²) in [4.78, 5) is 69.0. The Morgan fingerprint density at radius 2 is 1.49 bits per heavy atom. The second-order valence-corrected chi connectivity index (χ2v) is 24.6. The minimum atomic E-state index is -0.796. The zero-order valence-corrected chi connectivity index (χ0v) is 49.6. The molecule has 8 aromatic rings. The molecule has 0 spiro atoms. The molecule has 0 N–H and O–H groups in total. The van der Waals surface area contributed by atoms with E-state index in [9.17, 15) is 19.2 Å². The highest BCUT2D eigenvalue weighted by molar-refractivity contribution is 6.00. The first-order valence-electron chi connectivity index (χ1n) is 31.1. The number of fused-ring (bicyclic) bond motifs is 3. The normalized spacial score (nSPS) is 20.2. The summed E-state index contributed by atoms with van der Waals surface area (Å²) in [6, 6.07) is 32.2. The number of likely N-dealkylation sites (tertiary alicyclic amines) is 4. The Morgan fingerprint density at radius 3 is 2.24 bits per heavy atom. The van der Waals surface area contributed by atoms with Gasteiger partial charge in [-0.1, -0.05) is 42.5 Å². The molecule has 9 heterocycles. The number of rotatable bonds is 17. The topological polar surface area (TPSA) is 154 Å². The van der Waals surface area contributed by atoms with Crippen LogP contribution in [0.15, 0.2) is 114 Å². The van der Waals surface area contributed by atoms with Crippen molar-refractivity contribution in [1.29, 1.82) is 0 Å². The standard InChI is InChI=1S/C68H80N10O7/c1-71-55(41-58-57(22-29-69-65(58)71)52-16-19-59-54(40-52)42-70-78(59)63-9-4-5-37-85-63)45-73-32-27-50(28-33-73)49-12-14-51(15-13-49)66(80)74-34-25-47(26-35-74)39-46-23-30-72(31-24-46)44-53-7-6-8-60-64(53)75(36-38-83-2)68(82)77(60)61-20-21-62(79)76(67(61)81)43-48-10-17-56(84-3)18-11-48/h6-8,10-19,22,29,40-42,46-47,50,61,63H,4-5,9,20-21,23-28,30-39,43-45H2,1-3H3. The van der Waals surface area contributed by atoms with E-state index in [-0.39, 0.29) is 49.0 Å². The lowest BCUT2D eigenvalue weighted by Gasteiger charge is -2.37. The van der Waals surface area contributed by atoms with Crippen LogP contribution in [0.5, 0.6) is 5.75 Å². The number of hydrogen-bond acceptors (Lipinski definition) is 11. The van der Waals surface area contributed by atoms with Crippen LogP contribution >= 0.6 is 0 Å². The highest BCUT2D eigenvalue weighted by Gasteiger charge is 2.38. The van der Waals surface area contributed by atoms with Crippen LogP contribution in [-0.4, -0.2) is 132 Å². The van der Waals surface area contributed by atoms with Gasteiger partial charge in [-0.05, 0) is 197 Å². The first kappa shape index (κ1) is 56.7. The Kier molecular flexibility index (Phi) is 16.6. The van der Waals surface area contributed by atoms with Crippen molar-refractivity contribution in [3.05, 3.63) is 148 Å². The van der Waals surface area contributed by atoms with Gasteiger partial charge in [0.05, 0.1) is 49.6 Å². The molecule has 5 aliphatic heterocycles. The van der Waals surface area contributed by atoms with Crippen LogP contribution < -0.4 is 10.4 Å². The number of piperidine rings is 4. The number of methoxy groups -OCH3 is 2. The second-order valence-electron chi connectivity index (χ2n) is 24.6. The third kappa shape index (κ3) is 11.6. The summed E-state index contributed by atoms with van der Waals surface area (Å²) < 4.78 is 24.5. The molecule has 4 aromatic carbocycles. The van der Waals surface area contributed by atoms with Crippen molar-refractivity contribution in [2.24, 2.45) is 18.9 Å². The van der Waals surface area contributed by atoms with Crippen molar-refractivity contribution in [1.82, 2.24) is 48.1 Å². The van der Waals surface area contributed by atoms with Crippen LogP contribution in [0.3, 0.4) is 0 Å². The number of carbonyl (C=O) groups excluding carboxylic acids is 3. The lowest BCUT2D eigenvalue weighted by atomic mass is 9.82. The van der Waals surface area contributed by atoms with Crippen LogP contribution in [-0.2, 0) is 52.3 Å². The van der Waals surface area contributed by atoms with E-state index >= 15 is 0 Å². The van der Waals surface area contributed by atoms with E-state index in [0.717, 1.165) is 143 Å². The number of para-hydroxylation sites is 1. The molecule has 3 amide bonds. The average Bonchev–Trinajstić information content (AvgIpc) is 2.57. The van der Waals surface area contributed by atoms with Crippen LogP contribution in [0.1, 0.15) is 128 Å². The summed E-state index contributed by atoms with van der Waals surface area (Å²) in [5.74, 6) is 1.96. The van der Waals surface area contributed by atoms with Gasteiger partial charge in [-0.2, -0.15) is 5.10 Å². The fourth-order valence-corrected chi connectivity index (χ4v) is 14.6. The van der Waals surface area contributed by atoms with E-state index in [0.29, 0.717) is 48.7 Å². The molecule has 17 nitrogen and oxygen atoms in total. The predicted octanol–water partition coefficient (Wildman–Crippen LogP) is 10.5. The van der Waals surface area contributed by atoms with E-state index in [1.165, 1.54) is 45.5 Å². The van der Waals surface area contributed by atoms with Crippen LogP contribution in [0.25, 0.3) is 44.1 Å². The molecular weight excluding hydrogens is 1070 g/mol. The van der Waals surface area contributed by atoms with E-state index in [4.69, 9.17) is 24.3 Å². The zero-order chi connectivity index (χ0) is 58.1. The lowest BCUT2D eigenvalue weighted by Crippen LogP contribution is -2.47. The smallest absolute Gasteiger partial charge is 0.329 e. The molecular formula is C68H80N10O7. The maximum absolute atomic E-state index is 14.4. The molecule has 5 fully saturated rings. The number of pyridine rings is 1. The van der Waals surface area contributed by atoms with E-state index in [1.807, 2.05) is 53.5 Å². The van der Waals surface area contributed by atoms with Crippen LogP contribution in [0.4, 0.5) is 0 Å². The Labute approximate surface area is 497 Å². The first-order valence-corrected chi connectivity index (χ1v) is 31.1. The Morgan fingerprint density at radius 1 is 0.741 bits per heavy atom. The van der Waals surface area contributed by atoms with Gasteiger partial charge in [0.15, 0.2) is 6.23 Å². The summed E-state index contributed by atoms with van der Waals surface area (Å²) in [6.07, 6.45) is 15.3. The van der Waals surface area contributed by atoms with Crippen molar-refractivity contribution in [3.8, 4) is 16.9 Å². The summed E-state index contributed by atoms with van der Waals surface area (Å²) >= 11 is 0. The average molecular weight is 1150 g/mol. The molecule has 2 atom stereocenters. The Bertz CT molecular complexity index is 3760. The number of aryl methyl sites for hydroxylation is 1. The number of aromatic nitrogens is 6. The summed E-state index contributed by atoms with van der Waals surface area (Å²) in [5, 5.41) is 7.03. The number of imide groups is 1. The number of ether oxygens (including phenoxy) is 3. The molecule has 5 aliphatic rings. The van der Waals surface area contributed by atoms with Crippen molar-refractivity contribution in [2.75, 3.05) is 66.7 Å². The third-order valence-corrected chi connectivity index (χ3v) is 19.5. The predicted molar refractivity (Wildman–Crippen MR) is 328 cm³/mol. The SMILES string of the molecule is COCCn1c(=O)n(C2CCC(=O)N(Cc3ccc(OC)cc3)C2=O)c2cccc(CN3CCC(CC4CCN(C(=O)c5ccc(C6CCN(Cc7cc8c(-c9ccc%10c(cnn%10C%10CCCCO%10)c9)ccnc8n7C)CC6)cc5)CC4)CC3)c21. The van der Waals surface area contributed by atoms with Gasteiger partial charge < -0.3 is 23.7 Å². The monoisotopic (exact) mass is 1150 g/mol. The van der Waals surface area contributed by atoms with Crippen LogP contribution in [0, 0.1) is 11.8 Å². The molecule has 444 valence electrons. The van der Waals surface area contributed by atoms with Crippen molar-refractivity contribution in [3.63, 3.8) is 0 Å². The number of amides is 3. The van der Waals surface area contributed by atoms with E-state index in [2.05, 4.69) is 87.0 Å². The number of nitrogens with zero attached hydrogens (tertiary/aromatic N) is 10. The maximum atomic E-state index is 14.4. The zero-order valence-electron chi connectivity index (χ0n) is 49.6. The fourth-order valence-electron chi connectivity index (χ4n) is 14.6. The minimum Gasteiger partial charge on any atom is -0.497 e. The van der Waals surface area contributed by atoms with Gasteiger partial charge >= 0.3 is 5.69 Å². The molecule has 13 rings (SSSR count). The van der Waals surface area contributed by atoms with Gasteiger partial charge in [-0.15, -0.1) is 0 Å². The molecule has 5 saturated heterocycles. The van der Waals surface area contributed by atoms with Crippen molar-refractivity contribution in [2.45, 2.75) is 121 Å². The maximum Gasteiger partial charge on any atom is 0.329 e. The molecule has 0 bridgehead atoms. The second kappa shape index (κ2) is 24.9. The van der Waals surface area contributed by atoms with Gasteiger partial charge in [0, 0.05) is 81.6 Å². The largest absolute Gasteiger partial charge is 0.497 e. The third-order valence-electron chi connectivity index (χ3n) is 19.5. The molecule has 0 aliphatic carbocycles. The van der Waals surface area contributed by atoms with Gasteiger partial charge in [-0.25, -0.2) is 14.5 Å². The van der Waals surface area contributed by atoms with Crippen molar-refractivity contribution >= 4 is 50.7 Å². The highest BCUT2D eigenvalue weighted by Crippen LogP contribution is 2.37. The number of benzene rings is 4. The molecule has 2 unspecified atom stereocenters. The molecule has 85 heavy (non-hydrogen) atoms. The summed E-state index contributed by atoms with van der Waals surface area (Å²) in [7, 11) is 5.37. The van der Waals surface area contributed by atoms with Crippen LogP contribution in [0.2, 0.25) is 0 Å². The van der Waals surface area contributed by atoms with Gasteiger partial charge in [0.25, 0.3) is 11.8 Å². The van der Waals surface area contributed by atoms with Gasteiger partial charge in [0.1, 0.15) is 17.4 Å². The quantitative estimate of drug-likeness (QED) is 0.0800. The summed E-state index contributed by atoms with van der Waals surface area (Å²) in [6.45, 7) is 8.76. The number of imidazole rings is 1. The fraction of sp³-hybridized carbons (Fsp3) is 0.471. The van der Waals surface area contributed by atoms with Gasteiger partial charge in [0.2, 0.25) is 5.91 Å². The van der Waals surface area contributed by atoms with Crippen molar-refractivity contribution < 1.29 is 28.6 Å². The van der Waals surface area contributed by atoms with Gasteiger partial charge in [-0.3, -0.25) is 38.2 Å². The van der Waals surface area contributed by atoms with E-state index < -0.39 is 6.04 Å². The molecule has 0 radical (unpaired) electrons. The highest BCUT2D eigenvalue weighted by atomic mass is 16.5. The number of hydrogen-bond donors (Lipinski definition) is 0. The Hall–Kier alpha value is -7.44. The molecule has 17 heteroatoms. The van der Waals surface area contributed by atoms with E-state index in [1.54, 1.807) is 23.4 Å². The lowest BCUT2D eigenvalue weighted by molar-refractivity contribution is -0.151.